The van der Waals surface area contributed by atoms with Crippen LogP contribution in [0.3, 0.4) is 0 Å². The van der Waals surface area contributed by atoms with Crippen molar-refractivity contribution in [1.82, 2.24) is 18.8 Å². The number of thioether (sulfide) groups is 1. The van der Waals surface area contributed by atoms with Gasteiger partial charge in [0.1, 0.15) is 27.7 Å². The molecule has 0 saturated heterocycles. The molecular weight excluding hydrogens is 788 g/mol. The molecule has 6 aromatic rings. The quantitative estimate of drug-likeness (QED) is 0.129. The second-order valence-corrected chi connectivity index (χ2v) is 15.9. The normalized spacial score (nSPS) is 11.9. The lowest BCUT2D eigenvalue weighted by Gasteiger charge is -2.11. The predicted molar refractivity (Wildman–Crippen MR) is 206 cm³/mol. The number of hydrogen-bond acceptors (Lipinski definition) is 6. The SMILES string of the molecule is CSc1cc(C)nc2c(-c3c(C)cc(Br)cc3C)cc(C(N)=O)n12.Cc1cc(S(C)=O)n2c(C(N)=O)cc(-c3c(C)cc(Br)cc3C)c2n1. The zero-order chi connectivity index (χ0) is 36.1. The van der Waals surface area contributed by atoms with Crippen LogP contribution < -0.4 is 11.5 Å². The number of carbonyl (C=O) groups is 2. The Morgan fingerprint density at radius 2 is 1.06 bits per heavy atom. The fourth-order valence-electron chi connectivity index (χ4n) is 6.32. The summed E-state index contributed by atoms with van der Waals surface area (Å²) >= 11 is 8.61. The molecule has 0 aliphatic carbocycles. The average Bonchev–Trinajstić information content (AvgIpc) is 3.55. The van der Waals surface area contributed by atoms with Gasteiger partial charge in [0.2, 0.25) is 0 Å². The van der Waals surface area contributed by atoms with Crippen LogP contribution in [0, 0.1) is 41.5 Å². The number of nitrogens with two attached hydrogens (primary N) is 2. The lowest BCUT2D eigenvalue weighted by atomic mass is 9.97. The molecule has 254 valence electrons. The van der Waals surface area contributed by atoms with Crippen molar-refractivity contribution in [1.29, 1.82) is 0 Å². The predicted octanol–water partition coefficient (Wildman–Crippen LogP) is 8.04. The molecule has 0 spiro atoms. The lowest BCUT2D eigenvalue weighted by molar-refractivity contribution is 0.0985. The molecule has 0 bridgehead atoms. The Bertz CT molecular complexity index is 2320. The van der Waals surface area contributed by atoms with Gasteiger partial charge < -0.3 is 11.5 Å². The molecule has 1 unspecified atom stereocenters. The molecule has 4 aromatic heterocycles. The summed E-state index contributed by atoms with van der Waals surface area (Å²) in [6.45, 7) is 11.9. The van der Waals surface area contributed by atoms with E-state index in [1.54, 1.807) is 34.6 Å². The van der Waals surface area contributed by atoms with Crippen molar-refractivity contribution in [2.75, 3.05) is 12.5 Å². The van der Waals surface area contributed by atoms with Crippen LogP contribution in [0.5, 0.6) is 0 Å². The van der Waals surface area contributed by atoms with Crippen LogP contribution in [-0.4, -0.2) is 47.3 Å². The molecule has 0 aliphatic heterocycles. The summed E-state index contributed by atoms with van der Waals surface area (Å²) in [5.41, 5.74) is 23.1. The van der Waals surface area contributed by atoms with E-state index in [-0.39, 0.29) is 5.69 Å². The number of hydrogen-bond donors (Lipinski definition) is 2. The van der Waals surface area contributed by atoms with Crippen LogP contribution in [0.2, 0.25) is 0 Å². The minimum absolute atomic E-state index is 0.282. The van der Waals surface area contributed by atoms with Crippen molar-refractivity contribution < 1.29 is 13.8 Å². The first-order valence-corrected chi connectivity index (χ1v) is 19.5. The molecule has 13 heteroatoms. The van der Waals surface area contributed by atoms with Gasteiger partial charge in [-0.25, -0.2) is 9.97 Å². The summed E-state index contributed by atoms with van der Waals surface area (Å²) in [6, 6.07) is 15.5. The van der Waals surface area contributed by atoms with Crippen LogP contribution >= 0.6 is 43.6 Å². The van der Waals surface area contributed by atoms with Gasteiger partial charge in [-0.1, -0.05) is 31.9 Å². The number of amides is 2. The molecule has 2 aromatic carbocycles. The number of aryl methyl sites for hydroxylation is 6. The van der Waals surface area contributed by atoms with Gasteiger partial charge in [-0.3, -0.25) is 22.6 Å². The third-order valence-corrected chi connectivity index (χ3v) is 10.7. The van der Waals surface area contributed by atoms with Crippen molar-refractivity contribution in [2.24, 2.45) is 11.5 Å². The zero-order valence-electron chi connectivity index (χ0n) is 28.4. The van der Waals surface area contributed by atoms with Gasteiger partial charge >= 0.3 is 0 Å². The Kier molecular flexibility index (Phi) is 10.6. The highest BCUT2D eigenvalue weighted by atomic mass is 79.9. The maximum Gasteiger partial charge on any atom is 0.265 e. The minimum Gasteiger partial charge on any atom is -0.364 e. The molecule has 2 amide bonds. The summed E-state index contributed by atoms with van der Waals surface area (Å²) < 4.78 is 17.7. The summed E-state index contributed by atoms with van der Waals surface area (Å²) in [7, 11) is -1.29. The number of rotatable bonds is 6. The number of carbonyl (C=O) groups excluding carboxylic acids is 2. The van der Waals surface area contributed by atoms with Gasteiger partial charge in [-0.05, 0) is 130 Å². The van der Waals surface area contributed by atoms with E-state index in [0.29, 0.717) is 16.4 Å². The Balaban J connectivity index is 0.000000191. The molecule has 1 atom stereocenters. The van der Waals surface area contributed by atoms with Gasteiger partial charge in [0, 0.05) is 37.7 Å². The maximum atomic E-state index is 12.2. The molecule has 4 N–H and O–H groups in total. The average molecular weight is 825 g/mol. The maximum absolute atomic E-state index is 12.2. The smallest absolute Gasteiger partial charge is 0.265 e. The van der Waals surface area contributed by atoms with Crippen LogP contribution in [0.15, 0.2) is 67.5 Å². The Morgan fingerprint density at radius 3 is 1.45 bits per heavy atom. The summed E-state index contributed by atoms with van der Waals surface area (Å²) in [5.74, 6) is -1.03. The van der Waals surface area contributed by atoms with E-state index in [0.717, 1.165) is 75.5 Å². The number of halogens is 2. The summed E-state index contributed by atoms with van der Waals surface area (Å²) in [6.07, 6.45) is 3.56. The van der Waals surface area contributed by atoms with E-state index in [1.807, 2.05) is 62.6 Å². The molecule has 4 heterocycles. The number of fused-ring (bicyclic) bond motifs is 2. The number of nitrogens with zero attached hydrogens (tertiary/aromatic N) is 4. The second kappa shape index (κ2) is 14.2. The van der Waals surface area contributed by atoms with E-state index in [1.165, 1.54) is 0 Å². The first-order valence-electron chi connectivity index (χ1n) is 15.1. The van der Waals surface area contributed by atoms with E-state index < -0.39 is 22.6 Å². The number of primary amides is 2. The largest absolute Gasteiger partial charge is 0.364 e. The molecule has 0 aliphatic rings. The lowest BCUT2D eigenvalue weighted by Crippen LogP contribution is -2.16. The van der Waals surface area contributed by atoms with Gasteiger partial charge in [-0.2, -0.15) is 0 Å². The molecule has 0 radical (unpaired) electrons. The molecular formula is C36H36Br2N6O3S2. The van der Waals surface area contributed by atoms with Gasteiger partial charge in [0.05, 0.1) is 15.8 Å². The first-order chi connectivity index (χ1) is 23.0. The highest BCUT2D eigenvalue weighted by Crippen LogP contribution is 2.37. The van der Waals surface area contributed by atoms with E-state index in [4.69, 9.17) is 16.5 Å². The van der Waals surface area contributed by atoms with Crippen molar-refractivity contribution >= 4 is 77.5 Å². The highest BCUT2D eigenvalue weighted by Gasteiger charge is 2.23. The van der Waals surface area contributed by atoms with Crippen molar-refractivity contribution in [3.63, 3.8) is 0 Å². The Hall–Kier alpha value is -3.78. The van der Waals surface area contributed by atoms with Crippen molar-refractivity contribution in [3.8, 4) is 22.3 Å². The van der Waals surface area contributed by atoms with Crippen molar-refractivity contribution in [3.05, 3.63) is 103 Å². The first kappa shape index (κ1) is 36.5. The third kappa shape index (κ3) is 6.99. The van der Waals surface area contributed by atoms with E-state index in [9.17, 15) is 13.8 Å². The molecule has 9 nitrogen and oxygen atoms in total. The van der Waals surface area contributed by atoms with Crippen LogP contribution in [0.4, 0.5) is 0 Å². The van der Waals surface area contributed by atoms with Crippen LogP contribution in [0.1, 0.15) is 54.6 Å². The van der Waals surface area contributed by atoms with Crippen LogP contribution in [-0.2, 0) is 10.8 Å². The standard InChI is InChI=1S/C18H18BrN3O2S.C18H18BrN3OS/c1-9-5-12(19)6-10(2)16(9)13-8-14(17(20)23)22-15(25(4)24)7-11(3)21-18(13)22;1-9-5-12(19)6-10(2)16(9)13-8-14(17(20)23)22-15(24-4)7-11(3)21-18(13)22/h5-8H,1-4H3,(H2,20,23);5-8H,1-4H3,(H2,20,23). The minimum atomic E-state index is -1.29. The van der Waals surface area contributed by atoms with Crippen LogP contribution in [0.25, 0.3) is 33.5 Å². The summed E-state index contributed by atoms with van der Waals surface area (Å²) in [5, 5.41) is 1.46. The van der Waals surface area contributed by atoms with E-state index in [2.05, 4.69) is 62.8 Å². The molecule has 6 rings (SSSR count). The van der Waals surface area contributed by atoms with Gasteiger partial charge in [0.25, 0.3) is 11.8 Å². The van der Waals surface area contributed by atoms with E-state index >= 15 is 0 Å². The van der Waals surface area contributed by atoms with Crippen molar-refractivity contribution in [2.45, 2.75) is 51.6 Å². The van der Waals surface area contributed by atoms with Gasteiger partial charge in [0.15, 0.2) is 0 Å². The number of aromatic nitrogens is 4. The Morgan fingerprint density at radius 1 is 0.673 bits per heavy atom. The summed E-state index contributed by atoms with van der Waals surface area (Å²) in [4.78, 5) is 33.3. The molecule has 49 heavy (non-hydrogen) atoms. The molecule has 0 saturated carbocycles. The number of benzene rings is 2. The fourth-order valence-corrected chi connectivity index (χ4v) is 9.12. The fraction of sp³-hybridized carbons (Fsp3) is 0.222. The zero-order valence-corrected chi connectivity index (χ0v) is 33.2. The topological polar surface area (TPSA) is 138 Å². The highest BCUT2D eigenvalue weighted by molar-refractivity contribution is 9.10. The second-order valence-electron chi connectivity index (χ2n) is 11.9. The molecule has 0 fully saturated rings. The Labute approximate surface area is 308 Å². The monoisotopic (exact) mass is 822 g/mol. The van der Waals surface area contributed by atoms with Gasteiger partial charge in [-0.15, -0.1) is 11.8 Å². The third-order valence-electron chi connectivity index (χ3n) is 8.16.